The molecule has 0 saturated carbocycles. The summed E-state index contributed by atoms with van der Waals surface area (Å²) in [5, 5.41) is 8.52. The van der Waals surface area contributed by atoms with Crippen LogP contribution >= 0.6 is 0 Å². The van der Waals surface area contributed by atoms with Gasteiger partial charge in [0.25, 0.3) is 5.91 Å². The number of hydrogen-bond donors (Lipinski definition) is 1. The van der Waals surface area contributed by atoms with E-state index in [0.29, 0.717) is 42.4 Å². The molecule has 0 radical (unpaired) electrons. The standard InChI is InChI=1S/C22H21F2N5O4/c1-11-7-31-10-18(17-4-5-19(28-27-17)33-22(23)24)29(11)21(30)12-2-3-16-13(6-12)14-8-32-9-15(14)20(25)26-16/h2-6,11,18,22H,7-10H2,1H3,(H2,25,26)/t11-,18-/m0/s1. The number of rotatable bonds is 4. The van der Waals surface area contributed by atoms with Gasteiger partial charge >= 0.3 is 6.61 Å². The number of carbonyl (C=O) groups excluding carboxylic acids is 1. The van der Waals surface area contributed by atoms with Crippen LogP contribution in [-0.4, -0.2) is 51.9 Å². The molecule has 2 aromatic heterocycles. The SMILES string of the molecule is C[C@H]1COC[C@@H](c2ccc(OC(F)F)nn2)N1C(=O)c1ccc2nc(N)c3c(c2c1)COC3. The molecule has 0 unspecified atom stereocenters. The van der Waals surface area contributed by atoms with Crippen molar-refractivity contribution >= 4 is 22.6 Å². The van der Waals surface area contributed by atoms with E-state index in [4.69, 9.17) is 15.2 Å². The van der Waals surface area contributed by atoms with Crippen LogP contribution in [0.5, 0.6) is 5.88 Å². The molecule has 5 rings (SSSR count). The minimum Gasteiger partial charge on any atom is -0.415 e. The maximum atomic E-state index is 13.6. The number of amides is 1. The van der Waals surface area contributed by atoms with Gasteiger partial charge in [-0.2, -0.15) is 8.78 Å². The van der Waals surface area contributed by atoms with Gasteiger partial charge < -0.3 is 24.8 Å². The van der Waals surface area contributed by atoms with E-state index in [0.717, 1.165) is 16.5 Å². The Balaban J connectivity index is 1.49. The number of nitrogens with zero attached hydrogens (tertiary/aromatic N) is 4. The number of benzene rings is 1. The van der Waals surface area contributed by atoms with Gasteiger partial charge in [-0.15, -0.1) is 10.2 Å². The van der Waals surface area contributed by atoms with Gasteiger partial charge in [-0.05, 0) is 36.8 Å². The molecule has 172 valence electrons. The lowest BCUT2D eigenvalue weighted by molar-refractivity contribution is -0.0538. The van der Waals surface area contributed by atoms with E-state index in [1.54, 1.807) is 17.0 Å². The first-order chi connectivity index (χ1) is 15.9. The van der Waals surface area contributed by atoms with Gasteiger partial charge in [-0.1, -0.05) is 0 Å². The summed E-state index contributed by atoms with van der Waals surface area (Å²) in [7, 11) is 0. The molecule has 0 bridgehead atoms. The second kappa shape index (κ2) is 8.49. The Hall–Kier alpha value is -3.44. The quantitative estimate of drug-likeness (QED) is 0.637. The van der Waals surface area contributed by atoms with Gasteiger partial charge in [0, 0.05) is 22.6 Å². The molecular formula is C22H21F2N5O4. The second-order valence-corrected chi connectivity index (χ2v) is 7.97. The zero-order chi connectivity index (χ0) is 23.1. The van der Waals surface area contributed by atoms with Crippen molar-refractivity contribution in [3.63, 3.8) is 0 Å². The first-order valence-corrected chi connectivity index (χ1v) is 10.4. The van der Waals surface area contributed by atoms with Crippen molar-refractivity contribution in [2.75, 3.05) is 18.9 Å². The number of pyridine rings is 1. The van der Waals surface area contributed by atoms with Crippen LogP contribution in [0.1, 0.15) is 40.1 Å². The fourth-order valence-corrected chi connectivity index (χ4v) is 4.30. The fourth-order valence-electron chi connectivity index (χ4n) is 4.30. The summed E-state index contributed by atoms with van der Waals surface area (Å²) in [5.41, 5.74) is 9.44. The minimum absolute atomic E-state index is 0.203. The van der Waals surface area contributed by atoms with E-state index < -0.39 is 12.7 Å². The van der Waals surface area contributed by atoms with Crippen molar-refractivity contribution in [1.29, 1.82) is 0 Å². The summed E-state index contributed by atoms with van der Waals surface area (Å²) in [6, 6.07) is 7.31. The van der Waals surface area contributed by atoms with Crippen molar-refractivity contribution in [1.82, 2.24) is 20.1 Å². The molecule has 33 heavy (non-hydrogen) atoms. The summed E-state index contributed by atoms with van der Waals surface area (Å²) in [6.07, 6.45) is 0. The van der Waals surface area contributed by atoms with Crippen molar-refractivity contribution in [3.05, 3.63) is 52.7 Å². The van der Waals surface area contributed by atoms with Crippen molar-refractivity contribution in [2.24, 2.45) is 0 Å². The molecule has 1 saturated heterocycles. The number of carbonyl (C=O) groups is 1. The topological polar surface area (TPSA) is 113 Å². The number of hydrogen-bond acceptors (Lipinski definition) is 8. The van der Waals surface area contributed by atoms with Crippen molar-refractivity contribution in [3.8, 4) is 5.88 Å². The highest BCUT2D eigenvalue weighted by Gasteiger charge is 2.35. The van der Waals surface area contributed by atoms with Crippen LogP contribution in [0, 0.1) is 0 Å². The number of morpholine rings is 1. The summed E-state index contributed by atoms with van der Waals surface area (Å²) in [6.45, 7) is 0.252. The first kappa shape index (κ1) is 21.4. The highest BCUT2D eigenvalue weighted by atomic mass is 19.3. The van der Waals surface area contributed by atoms with Gasteiger partial charge in [0.1, 0.15) is 5.82 Å². The van der Waals surface area contributed by atoms with Gasteiger partial charge in [-0.3, -0.25) is 4.79 Å². The molecule has 2 N–H and O–H groups in total. The van der Waals surface area contributed by atoms with Crippen LogP contribution in [0.4, 0.5) is 14.6 Å². The predicted octanol–water partition coefficient (Wildman–Crippen LogP) is 2.84. The molecule has 3 aromatic rings. The van der Waals surface area contributed by atoms with Crippen LogP contribution in [-0.2, 0) is 22.7 Å². The van der Waals surface area contributed by atoms with Gasteiger partial charge in [-0.25, -0.2) is 4.98 Å². The van der Waals surface area contributed by atoms with Gasteiger partial charge in [0.05, 0.1) is 49.7 Å². The Morgan fingerprint density at radius 2 is 1.97 bits per heavy atom. The predicted molar refractivity (Wildman–Crippen MR) is 113 cm³/mol. The molecule has 1 aromatic carbocycles. The molecular weight excluding hydrogens is 436 g/mol. The third-order valence-corrected chi connectivity index (χ3v) is 5.87. The van der Waals surface area contributed by atoms with E-state index in [-0.39, 0.29) is 24.4 Å². The normalized spacial score (nSPS) is 20.3. The Labute approximate surface area is 187 Å². The summed E-state index contributed by atoms with van der Waals surface area (Å²) >= 11 is 0. The zero-order valence-electron chi connectivity index (χ0n) is 17.7. The van der Waals surface area contributed by atoms with Crippen molar-refractivity contribution in [2.45, 2.75) is 38.8 Å². The van der Waals surface area contributed by atoms with E-state index in [1.807, 2.05) is 13.0 Å². The van der Waals surface area contributed by atoms with E-state index in [1.165, 1.54) is 12.1 Å². The largest absolute Gasteiger partial charge is 0.415 e. The zero-order valence-corrected chi connectivity index (χ0v) is 17.7. The third kappa shape index (κ3) is 3.93. The van der Waals surface area contributed by atoms with E-state index in [9.17, 15) is 13.6 Å². The molecule has 0 spiro atoms. The molecule has 2 aliphatic heterocycles. The Kier molecular flexibility index (Phi) is 5.51. The number of nitrogen functional groups attached to an aromatic ring is 1. The molecule has 9 nitrogen and oxygen atoms in total. The molecule has 2 aliphatic rings. The van der Waals surface area contributed by atoms with E-state index in [2.05, 4.69) is 19.9 Å². The van der Waals surface area contributed by atoms with Crippen LogP contribution < -0.4 is 10.5 Å². The monoisotopic (exact) mass is 457 g/mol. The lowest BCUT2D eigenvalue weighted by atomic mass is 10.0. The summed E-state index contributed by atoms with van der Waals surface area (Å²) in [5.74, 6) is -0.0699. The minimum atomic E-state index is -2.99. The Morgan fingerprint density at radius 1 is 1.15 bits per heavy atom. The maximum absolute atomic E-state index is 13.6. The third-order valence-electron chi connectivity index (χ3n) is 5.87. The van der Waals surface area contributed by atoms with Crippen LogP contribution in [0.3, 0.4) is 0 Å². The van der Waals surface area contributed by atoms with Gasteiger partial charge in [0.2, 0.25) is 5.88 Å². The smallest absolute Gasteiger partial charge is 0.388 e. The Morgan fingerprint density at radius 3 is 2.73 bits per heavy atom. The highest BCUT2D eigenvalue weighted by molar-refractivity contribution is 5.99. The lowest BCUT2D eigenvalue weighted by Crippen LogP contribution is -2.49. The number of anilines is 1. The lowest BCUT2D eigenvalue weighted by Gasteiger charge is -2.40. The number of aromatic nitrogens is 3. The van der Waals surface area contributed by atoms with Gasteiger partial charge in [0.15, 0.2) is 0 Å². The fraction of sp³-hybridized carbons (Fsp3) is 0.364. The van der Waals surface area contributed by atoms with Crippen LogP contribution in [0.15, 0.2) is 30.3 Å². The van der Waals surface area contributed by atoms with Crippen LogP contribution in [0.2, 0.25) is 0 Å². The summed E-state index contributed by atoms with van der Waals surface area (Å²) < 4.78 is 40.3. The summed E-state index contributed by atoms with van der Waals surface area (Å²) in [4.78, 5) is 19.8. The number of nitrogens with two attached hydrogens (primary N) is 1. The Bertz CT molecular complexity index is 1210. The molecule has 0 aliphatic carbocycles. The van der Waals surface area contributed by atoms with E-state index >= 15 is 0 Å². The molecule has 2 atom stereocenters. The number of fused-ring (bicyclic) bond motifs is 3. The van der Waals surface area contributed by atoms with Crippen LogP contribution in [0.25, 0.3) is 10.9 Å². The molecule has 4 heterocycles. The molecule has 11 heteroatoms. The first-order valence-electron chi connectivity index (χ1n) is 10.4. The average molecular weight is 457 g/mol. The molecule has 1 amide bonds. The number of ether oxygens (including phenoxy) is 3. The maximum Gasteiger partial charge on any atom is 0.388 e. The highest BCUT2D eigenvalue weighted by Crippen LogP contribution is 2.33. The number of halogens is 2. The van der Waals surface area contributed by atoms with Crippen molar-refractivity contribution < 1.29 is 27.8 Å². The second-order valence-electron chi connectivity index (χ2n) is 7.97. The average Bonchev–Trinajstić information content (AvgIpc) is 3.30. The molecule has 1 fully saturated rings. The number of alkyl halides is 2.